The molecule has 1 fully saturated rings. The quantitative estimate of drug-likeness (QED) is 0.331. The van der Waals surface area contributed by atoms with E-state index in [9.17, 15) is 24.3 Å². The summed E-state index contributed by atoms with van der Waals surface area (Å²) in [4.78, 5) is 55.5. The second-order valence-electron chi connectivity index (χ2n) is 6.48. The van der Waals surface area contributed by atoms with Crippen LogP contribution in [-0.2, 0) is 25.6 Å². The van der Waals surface area contributed by atoms with E-state index in [0.717, 1.165) is 0 Å². The molecule has 11 heteroatoms. The molecule has 148 valence electrons. The Labute approximate surface area is 155 Å². The molecule has 11 nitrogen and oxygen atoms in total. The summed E-state index contributed by atoms with van der Waals surface area (Å²) in [5.41, 5.74) is 11.7. The first-order valence-electron chi connectivity index (χ1n) is 8.64. The first-order chi connectivity index (χ1) is 12.8. The number of H-pyrrole nitrogens is 1. The number of likely N-dealkylation sites (tertiary alicyclic amines) is 1. The van der Waals surface area contributed by atoms with Crippen molar-refractivity contribution in [1.82, 2.24) is 20.2 Å². The Kier molecular flexibility index (Phi) is 6.88. The highest BCUT2D eigenvalue weighted by atomic mass is 16.4. The summed E-state index contributed by atoms with van der Waals surface area (Å²) >= 11 is 0. The molecule has 27 heavy (non-hydrogen) atoms. The van der Waals surface area contributed by atoms with Gasteiger partial charge in [-0.3, -0.25) is 14.4 Å². The molecule has 2 rings (SSSR count). The van der Waals surface area contributed by atoms with Gasteiger partial charge in [-0.25, -0.2) is 9.78 Å². The second-order valence-corrected chi connectivity index (χ2v) is 6.48. The molecule has 1 aliphatic rings. The van der Waals surface area contributed by atoms with Gasteiger partial charge in [0.15, 0.2) is 0 Å². The lowest BCUT2D eigenvalue weighted by molar-refractivity contribution is -0.149. The predicted octanol–water partition coefficient (Wildman–Crippen LogP) is -1.89. The summed E-state index contributed by atoms with van der Waals surface area (Å²) in [5.74, 6) is -2.86. The monoisotopic (exact) mass is 380 g/mol. The number of hydrogen-bond donors (Lipinski definition) is 5. The Morgan fingerprint density at radius 3 is 2.74 bits per heavy atom. The topological polar surface area (TPSA) is 184 Å². The predicted molar refractivity (Wildman–Crippen MR) is 93.0 cm³/mol. The number of carbonyl (C=O) groups is 4. The van der Waals surface area contributed by atoms with Crippen molar-refractivity contribution in [3.05, 3.63) is 18.2 Å². The standard InChI is InChI=1S/C16H24N6O5/c17-10(6-9-7-19-8-20-9)14(24)21-11(3-4-13(18)23)15(25)22-5-1-2-12(22)16(26)27/h7-8,10-12H,1-6,17H2,(H2,18,23)(H,19,20)(H,21,24)(H,26,27)/t10-,11-,12+/m0/s1. The molecule has 0 unspecified atom stereocenters. The van der Waals surface area contributed by atoms with E-state index in [1.54, 1.807) is 0 Å². The highest BCUT2D eigenvalue weighted by Crippen LogP contribution is 2.19. The third kappa shape index (κ3) is 5.51. The highest BCUT2D eigenvalue weighted by molar-refractivity contribution is 5.92. The van der Waals surface area contributed by atoms with E-state index in [0.29, 0.717) is 18.5 Å². The van der Waals surface area contributed by atoms with E-state index in [1.807, 2.05) is 0 Å². The molecule has 2 heterocycles. The maximum Gasteiger partial charge on any atom is 0.326 e. The van der Waals surface area contributed by atoms with Gasteiger partial charge in [0.05, 0.1) is 12.4 Å². The van der Waals surface area contributed by atoms with Crippen LogP contribution in [0.3, 0.4) is 0 Å². The number of amides is 3. The minimum Gasteiger partial charge on any atom is -0.480 e. The molecule has 1 aliphatic heterocycles. The summed E-state index contributed by atoms with van der Waals surface area (Å²) in [6, 6.07) is -2.95. The molecule has 0 radical (unpaired) electrons. The number of nitrogens with one attached hydrogen (secondary N) is 2. The lowest BCUT2D eigenvalue weighted by Gasteiger charge is -2.28. The van der Waals surface area contributed by atoms with Crippen molar-refractivity contribution in [2.24, 2.45) is 11.5 Å². The summed E-state index contributed by atoms with van der Waals surface area (Å²) in [7, 11) is 0. The van der Waals surface area contributed by atoms with Gasteiger partial charge in [0.2, 0.25) is 17.7 Å². The molecule has 0 aliphatic carbocycles. The fourth-order valence-electron chi connectivity index (χ4n) is 3.04. The molecule has 0 bridgehead atoms. The van der Waals surface area contributed by atoms with Crippen LogP contribution in [0.15, 0.2) is 12.5 Å². The van der Waals surface area contributed by atoms with Crippen LogP contribution in [0.2, 0.25) is 0 Å². The van der Waals surface area contributed by atoms with Crippen molar-refractivity contribution in [2.45, 2.75) is 50.2 Å². The molecule has 7 N–H and O–H groups in total. The van der Waals surface area contributed by atoms with Crippen molar-refractivity contribution in [2.75, 3.05) is 6.54 Å². The second kappa shape index (κ2) is 9.12. The number of hydrogen-bond acceptors (Lipinski definition) is 6. The van der Waals surface area contributed by atoms with Gasteiger partial charge in [-0.2, -0.15) is 0 Å². The zero-order valence-corrected chi connectivity index (χ0v) is 14.8. The van der Waals surface area contributed by atoms with Gasteiger partial charge < -0.3 is 31.8 Å². The number of primary amides is 1. The lowest BCUT2D eigenvalue weighted by atomic mass is 10.1. The number of carboxylic acids is 1. The zero-order chi connectivity index (χ0) is 20.0. The molecular formula is C16H24N6O5. The number of aromatic nitrogens is 2. The van der Waals surface area contributed by atoms with Crippen LogP contribution in [0.5, 0.6) is 0 Å². The van der Waals surface area contributed by atoms with Crippen LogP contribution in [0.4, 0.5) is 0 Å². The van der Waals surface area contributed by atoms with Gasteiger partial charge >= 0.3 is 5.97 Å². The van der Waals surface area contributed by atoms with Crippen LogP contribution in [0.1, 0.15) is 31.4 Å². The third-order valence-corrected chi connectivity index (χ3v) is 4.45. The van der Waals surface area contributed by atoms with Crippen molar-refractivity contribution in [1.29, 1.82) is 0 Å². The first-order valence-corrected chi connectivity index (χ1v) is 8.64. The molecule has 3 amide bonds. The Bertz CT molecular complexity index is 691. The minimum atomic E-state index is -1.10. The van der Waals surface area contributed by atoms with Gasteiger partial charge in [0, 0.05) is 31.3 Å². The summed E-state index contributed by atoms with van der Waals surface area (Å²) in [5, 5.41) is 11.8. The van der Waals surface area contributed by atoms with E-state index < -0.39 is 41.8 Å². The highest BCUT2D eigenvalue weighted by Gasteiger charge is 2.38. The van der Waals surface area contributed by atoms with Crippen LogP contribution >= 0.6 is 0 Å². The van der Waals surface area contributed by atoms with Crippen LogP contribution in [0, 0.1) is 0 Å². The Hall–Kier alpha value is -2.95. The Morgan fingerprint density at radius 2 is 2.15 bits per heavy atom. The smallest absolute Gasteiger partial charge is 0.326 e. The summed E-state index contributed by atoms with van der Waals surface area (Å²) < 4.78 is 0. The fourth-order valence-corrected chi connectivity index (χ4v) is 3.04. The Morgan fingerprint density at radius 1 is 1.41 bits per heavy atom. The van der Waals surface area contributed by atoms with Crippen LogP contribution in [0.25, 0.3) is 0 Å². The van der Waals surface area contributed by atoms with E-state index in [-0.39, 0.29) is 25.8 Å². The molecule has 0 spiro atoms. The van der Waals surface area contributed by atoms with E-state index in [2.05, 4.69) is 15.3 Å². The van der Waals surface area contributed by atoms with Gasteiger partial charge in [-0.1, -0.05) is 0 Å². The molecule has 1 saturated heterocycles. The first kappa shape index (κ1) is 20.4. The third-order valence-electron chi connectivity index (χ3n) is 4.45. The summed E-state index contributed by atoms with van der Waals surface area (Å²) in [6.07, 6.45) is 3.92. The van der Waals surface area contributed by atoms with Gasteiger partial charge in [-0.15, -0.1) is 0 Å². The molecule has 1 aromatic heterocycles. The molecule has 0 aromatic carbocycles. The fraction of sp³-hybridized carbons (Fsp3) is 0.562. The number of carbonyl (C=O) groups excluding carboxylic acids is 3. The van der Waals surface area contributed by atoms with E-state index in [1.165, 1.54) is 17.4 Å². The number of carboxylic acid groups (broad SMARTS) is 1. The normalized spacial score (nSPS) is 18.7. The lowest BCUT2D eigenvalue weighted by Crippen LogP contribution is -2.55. The number of aromatic amines is 1. The molecule has 0 saturated carbocycles. The van der Waals surface area contributed by atoms with Crippen LogP contribution in [-0.4, -0.2) is 68.3 Å². The SMILES string of the molecule is NC(=O)CC[C@H](NC(=O)[C@@H](N)Cc1cnc[nH]1)C(=O)N1CCC[C@@H]1C(=O)O. The number of rotatable bonds is 9. The molecular weight excluding hydrogens is 356 g/mol. The average molecular weight is 380 g/mol. The van der Waals surface area contributed by atoms with Gasteiger partial charge in [0.1, 0.15) is 12.1 Å². The number of nitrogens with two attached hydrogens (primary N) is 2. The maximum absolute atomic E-state index is 12.8. The maximum atomic E-state index is 12.8. The number of imidazole rings is 1. The van der Waals surface area contributed by atoms with Crippen molar-refractivity contribution in [3.63, 3.8) is 0 Å². The molecule has 1 aromatic rings. The summed E-state index contributed by atoms with van der Waals surface area (Å²) in [6.45, 7) is 0.277. The van der Waals surface area contributed by atoms with E-state index >= 15 is 0 Å². The van der Waals surface area contributed by atoms with Crippen molar-refractivity contribution < 1.29 is 24.3 Å². The number of nitrogens with zero attached hydrogens (tertiary/aromatic N) is 2. The van der Waals surface area contributed by atoms with E-state index in [4.69, 9.17) is 11.5 Å². The zero-order valence-electron chi connectivity index (χ0n) is 14.8. The number of aliphatic carboxylic acids is 1. The average Bonchev–Trinajstić information content (AvgIpc) is 3.28. The minimum absolute atomic E-state index is 0.0283. The van der Waals surface area contributed by atoms with Crippen molar-refractivity contribution >= 4 is 23.7 Å². The Balaban J connectivity index is 2.06. The molecule has 3 atom stereocenters. The van der Waals surface area contributed by atoms with Crippen molar-refractivity contribution in [3.8, 4) is 0 Å². The van der Waals surface area contributed by atoms with Gasteiger partial charge in [-0.05, 0) is 19.3 Å². The van der Waals surface area contributed by atoms with Gasteiger partial charge in [0.25, 0.3) is 0 Å². The largest absolute Gasteiger partial charge is 0.480 e. The van der Waals surface area contributed by atoms with Crippen LogP contribution < -0.4 is 16.8 Å².